The number of hydrogen-bond donors (Lipinski definition) is 1. The van der Waals surface area contributed by atoms with Crippen molar-refractivity contribution in [2.45, 2.75) is 77.6 Å². The summed E-state index contributed by atoms with van der Waals surface area (Å²) in [7, 11) is 0. The van der Waals surface area contributed by atoms with Crippen molar-refractivity contribution in [1.29, 1.82) is 0 Å². The number of rotatable bonds is 5. The third-order valence-corrected chi connectivity index (χ3v) is 5.19. The second-order valence-corrected chi connectivity index (χ2v) is 6.98. The zero-order valence-corrected chi connectivity index (χ0v) is 13.4. The highest BCUT2D eigenvalue weighted by atomic mass is 16.5. The first-order valence-electron chi connectivity index (χ1n) is 8.11. The lowest BCUT2D eigenvalue weighted by atomic mass is 9.81. The van der Waals surface area contributed by atoms with E-state index in [9.17, 15) is 0 Å². The maximum Gasteiger partial charge on any atom is 0.0604 e. The molecular weight excluding hydrogens is 236 g/mol. The predicted octanol–water partition coefficient (Wildman–Crippen LogP) is 2.65. The van der Waals surface area contributed by atoms with E-state index in [-0.39, 0.29) is 0 Å². The Balaban J connectivity index is 1.97. The quantitative estimate of drug-likeness (QED) is 0.829. The third-order valence-electron chi connectivity index (χ3n) is 5.19. The fourth-order valence-corrected chi connectivity index (χ4v) is 3.48. The van der Waals surface area contributed by atoms with E-state index in [1.807, 2.05) is 0 Å². The molecule has 0 bridgehead atoms. The molecule has 0 aromatic rings. The molecule has 3 heteroatoms. The van der Waals surface area contributed by atoms with Crippen LogP contribution in [-0.4, -0.2) is 48.3 Å². The van der Waals surface area contributed by atoms with Crippen LogP contribution in [0.1, 0.15) is 53.9 Å². The molecule has 2 unspecified atom stereocenters. The summed E-state index contributed by atoms with van der Waals surface area (Å²) in [6.07, 6.45) is 4.19. The molecule has 0 aromatic carbocycles. The Labute approximate surface area is 119 Å². The van der Waals surface area contributed by atoms with Gasteiger partial charge in [0.1, 0.15) is 0 Å². The summed E-state index contributed by atoms with van der Waals surface area (Å²) in [6, 6.07) is 1.43. The molecule has 0 spiro atoms. The normalized spacial score (nSPS) is 40.4. The van der Waals surface area contributed by atoms with Gasteiger partial charge >= 0.3 is 0 Å². The summed E-state index contributed by atoms with van der Waals surface area (Å²) >= 11 is 0. The number of ether oxygens (including phenoxy) is 1. The molecule has 1 saturated heterocycles. The van der Waals surface area contributed by atoms with Gasteiger partial charge in [-0.05, 0) is 39.0 Å². The summed E-state index contributed by atoms with van der Waals surface area (Å²) in [5, 5.41) is 3.77. The van der Waals surface area contributed by atoms with Gasteiger partial charge in [-0.15, -0.1) is 0 Å². The molecule has 0 radical (unpaired) electrons. The van der Waals surface area contributed by atoms with Gasteiger partial charge in [0.15, 0.2) is 0 Å². The highest BCUT2D eigenvalue weighted by Crippen LogP contribution is 2.34. The van der Waals surface area contributed by atoms with Gasteiger partial charge in [0, 0.05) is 37.3 Å². The maximum atomic E-state index is 5.73. The van der Waals surface area contributed by atoms with Crippen molar-refractivity contribution in [1.82, 2.24) is 10.2 Å². The molecule has 2 rings (SSSR count). The van der Waals surface area contributed by atoms with Gasteiger partial charge in [0.25, 0.3) is 0 Å². The van der Waals surface area contributed by atoms with Crippen LogP contribution in [0.2, 0.25) is 0 Å². The molecule has 0 amide bonds. The van der Waals surface area contributed by atoms with E-state index < -0.39 is 0 Å². The molecule has 2 aliphatic rings. The van der Waals surface area contributed by atoms with Crippen LogP contribution >= 0.6 is 0 Å². The first-order valence-corrected chi connectivity index (χ1v) is 8.11. The topological polar surface area (TPSA) is 24.5 Å². The van der Waals surface area contributed by atoms with E-state index in [0.29, 0.717) is 17.7 Å². The van der Waals surface area contributed by atoms with Crippen molar-refractivity contribution in [3.8, 4) is 0 Å². The lowest BCUT2D eigenvalue weighted by molar-refractivity contribution is -0.0808. The fourth-order valence-electron chi connectivity index (χ4n) is 3.48. The van der Waals surface area contributed by atoms with Crippen molar-refractivity contribution in [3.05, 3.63) is 0 Å². The van der Waals surface area contributed by atoms with E-state index in [0.717, 1.165) is 25.1 Å². The lowest BCUT2D eigenvalue weighted by Gasteiger charge is -2.54. The van der Waals surface area contributed by atoms with Crippen LogP contribution in [0.15, 0.2) is 0 Å². The smallest absolute Gasteiger partial charge is 0.0604 e. The predicted molar refractivity (Wildman–Crippen MR) is 80.5 cm³/mol. The minimum atomic E-state index is 0.294. The number of nitrogens with zero attached hydrogens (tertiary/aromatic N) is 1. The van der Waals surface area contributed by atoms with Crippen molar-refractivity contribution in [3.63, 3.8) is 0 Å². The van der Waals surface area contributed by atoms with E-state index in [4.69, 9.17) is 4.74 Å². The lowest BCUT2D eigenvalue weighted by Crippen LogP contribution is -2.68. The Morgan fingerprint density at radius 3 is 2.53 bits per heavy atom. The highest BCUT2D eigenvalue weighted by molar-refractivity contribution is 5.01. The third kappa shape index (κ3) is 3.32. The van der Waals surface area contributed by atoms with Gasteiger partial charge in [-0.1, -0.05) is 20.8 Å². The minimum absolute atomic E-state index is 0.294. The Morgan fingerprint density at radius 2 is 2.00 bits per heavy atom. The van der Waals surface area contributed by atoms with Crippen LogP contribution in [0.3, 0.4) is 0 Å². The molecule has 1 aliphatic heterocycles. The van der Waals surface area contributed by atoms with Crippen molar-refractivity contribution in [2.24, 2.45) is 5.92 Å². The zero-order chi connectivity index (χ0) is 14.0. The molecule has 1 saturated carbocycles. The monoisotopic (exact) mass is 268 g/mol. The van der Waals surface area contributed by atoms with Gasteiger partial charge in [0.05, 0.1) is 6.10 Å². The standard InChI is InChI=1S/C16H32N2O/c1-6-16(5)11-18(15(10-17-16)12(3)4)13-8-14(9-13)19-7-2/h12-15,17H,6-11H2,1-5H3. The van der Waals surface area contributed by atoms with Crippen molar-refractivity contribution >= 4 is 0 Å². The minimum Gasteiger partial charge on any atom is -0.378 e. The maximum absolute atomic E-state index is 5.73. The summed E-state index contributed by atoms with van der Waals surface area (Å²) < 4.78 is 5.73. The van der Waals surface area contributed by atoms with E-state index in [2.05, 4.69) is 44.8 Å². The second kappa shape index (κ2) is 6.11. The first-order chi connectivity index (χ1) is 8.99. The average molecular weight is 268 g/mol. The molecule has 112 valence electrons. The van der Waals surface area contributed by atoms with Gasteiger partial charge in [-0.2, -0.15) is 0 Å². The summed E-state index contributed by atoms with van der Waals surface area (Å²) in [4.78, 5) is 2.78. The molecule has 3 nitrogen and oxygen atoms in total. The molecule has 1 N–H and O–H groups in total. The van der Waals surface area contributed by atoms with Gasteiger partial charge in [-0.3, -0.25) is 4.90 Å². The Hall–Kier alpha value is -0.120. The molecule has 2 atom stereocenters. The fraction of sp³-hybridized carbons (Fsp3) is 1.00. The molecule has 0 aromatic heterocycles. The Bertz CT molecular complexity index is 288. The molecule has 1 heterocycles. The van der Waals surface area contributed by atoms with Crippen LogP contribution in [0.5, 0.6) is 0 Å². The number of nitrogens with one attached hydrogen (secondary N) is 1. The van der Waals surface area contributed by atoms with Gasteiger partial charge in [0.2, 0.25) is 0 Å². The Kier molecular flexibility index (Phi) is 4.91. The molecule has 2 fully saturated rings. The summed E-state index contributed by atoms with van der Waals surface area (Å²) in [5.74, 6) is 0.722. The van der Waals surface area contributed by atoms with Crippen molar-refractivity contribution < 1.29 is 4.74 Å². The van der Waals surface area contributed by atoms with Crippen molar-refractivity contribution in [2.75, 3.05) is 19.7 Å². The first kappa shape index (κ1) is 15.3. The Morgan fingerprint density at radius 1 is 1.32 bits per heavy atom. The van der Waals surface area contributed by atoms with Crippen LogP contribution in [0.4, 0.5) is 0 Å². The largest absolute Gasteiger partial charge is 0.378 e. The molecule has 1 aliphatic carbocycles. The second-order valence-electron chi connectivity index (χ2n) is 6.98. The van der Waals surface area contributed by atoms with Crippen LogP contribution in [0.25, 0.3) is 0 Å². The van der Waals surface area contributed by atoms with Gasteiger partial charge < -0.3 is 10.1 Å². The SMILES string of the molecule is CCOC1CC(N2CC(C)(CC)NCC2C(C)C)C1. The number of piperazine rings is 1. The summed E-state index contributed by atoms with van der Waals surface area (Å²) in [5.41, 5.74) is 0.294. The van der Waals surface area contributed by atoms with Crippen LogP contribution in [0, 0.1) is 5.92 Å². The van der Waals surface area contributed by atoms with Crippen LogP contribution < -0.4 is 5.32 Å². The average Bonchev–Trinajstić information content (AvgIpc) is 2.32. The van der Waals surface area contributed by atoms with E-state index >= 15 is 0 Å². The van der Waals surface area contributed by atoms with E-state index in [1.165, 1.54) is 25.8 Å². The molecule has 19 heavy (non-hydrogen) atoms. The van der Waals surface area contributed by atoms with Gasteiger partial charge in [-0.25, -0.2) is 0 Å². The number of hydrogen-bond acceptors (Lipinski definition) is 3. The summed E-state index contributed by atoms with van der Waals surface area (Å²) in [6.45, 7) is 14.7. The highest BCUT2D eigenvalue weighted by Gasteiger charge is 2.43. The zero-order valence-electron chi connectivity index (χ0n) is 13.4. The van der Waals surface area contributed by atoms with E-state index in [1.54, 1.807) is 0 Å². The van der Waals surface area contributed by atoms with Crippen LogP contribution in [-0.2, 0) is 4.74 Å². The molecular formula is C16H32N2O.